The zero-order chi connectivity index (χ0) is 23.6. The molecule has 3 aliphatic rings. The van der Waals surface area contributed by atoms with E-state index < -0.39 is 0 Å². The minimum Gasteiger partial charge on any atom is -0.399 e. The Morgan fingerprint density at radius 2 is 1.81 bits per heavy atom. The van der Waals surface area contributed by atoms with E-state index in [-0.39, 0.29) is 11.5 Å². The zero-order valence-corrected chi connectivity index (χ0v) is 21.2. The lowest BCUT2D eigenvalue weighted by molar-refractivity contribution is 0.139. The van der Waals surface area contributed by atoms with Crippen LogP contribution < -0.4 is 16.4 Å². The fourth-order valence-electron chi connectivity index (χ4n) is 6.33. The number of hydrogen-bond acceptors (Lipinski definition) is 4. The van der Waals surface area contributed by atoms with Crippen LogP contribution in [-0.4, -0.2) is 36.6 Å². The smallest absolute Gasteiger partial charge is 0.0711 e. The van der Waals surface area contributed by atoms with Crippen molar-refractivity contribution < 1.29 is 0 Å². The molecule has 0 aromatic carbocycles. The van der Waals surface area contributed by atoms with Gasteiger partial charge in [-0.1, -0.05) is 72.8 Å². The maximum Gasteiger partial charge on any atom is 0.0711 e. The van der Waals surface area contributed by atoms with Gasteiger partial charge in [-0.15, -0.1) is 0 Å². The van der Waals surface area contributed by atoms with E-state index in [2.05, 4.69) is 69.7 Å². The summed E-state index contributed by atoms with van der Waals surface area (Å²) in [4.78, 5) is 2.57. The van der Waals surface area contributed by atoms with Crippen LogP contribution in [0.5, 0.6) is 0 Å². The van der Waals surface area contributed by atoms with Crippen molar-refractivity contribution in [2.24, 2.45) is 28.9 Å². The van der Waals surface area contributed by atoms with E-state index in [0.29, 0.717) is 29.6 Å². The molecule has 0 spiro atoms. The topological polar surface area (TPSA) is 53.3 Å². The van der Waals surface area contributed by atoms with Crippen LogP contribution in [0.25, 0.3) is 0 Å². The summed E-state index contributed by atoms with van der Waals surface area (Å²) >= 11 is 0. The fourth-order valence-corrected chi connectivity index (χ4v) is 6.33. The van der Waals surface area contributed by atoms with Gasteiger partial charge in [0, 0.05) is 23.6 Å². The normalized spacial score (nSPS) is 28.9. The predicted molar refractivity (Wildman–Crippen MR) is 138 cm³/mol. The third kappa shape index (κ3) is 5.11. The Kier molecular flexibility index (Phi) is 7.85. The van der Waals surface area contributed by atoms with E-state index in [4.69, 9.17) is 5.73 Å². The second-order valence-electron chi connectivity index (χ2n) is 11.2. The molecule has 2 saturated carbocycles. The van der Waals surface area contributed by atoms with Crippen LogP contribution in [0, 0.1) is 23.2 Å². The highest BCUT2D eigenvalue weighted by Crippen LogP contribution is 2.53. The molecule has 0 bridgehead atoms. The molecule has 1 heterocycles. The molecule has 0 amide bonds. The van der Waals surface area contributed by atoms with Crippen LogP contribution in [0.15, 0.2) is 49.0 Å². The van der Waals surface area contributed by atoms with Gasteiger partial charge in [0.05, 0.1) is 18.1 Å². The molecule has 3 rings (SSSR count). The first kappa shape index (κ1) is 25.0. The molecule has 4 N–H and O–H groups in total. The van der Waals surface area contributed by atoms with E-state index >= 15 is 0 Å². The van der Waals surface area contributed by atoms with Crippen LogP contribution in [-0.2, 0) is 0 Å². The van der Waals surface area contributed by atoms with Crippen LogP contribution in [0.3, 0.4) is 0 Å². The van der Waals surface area contributed by atoms with Crippen molar-refractivity contribution in [3.8, 4) is 0 Å². The number of rotatable bonds is 12. The second-order valence-corrected chi connectivity index (χ2v) is 11.2. The summed E-state index contributed by atoms with van der Waals surface area (Å²) in [7, 11) is 2.10. The minimum atomic E-state index is 0.0822. The van der Waals surface area contributed by atoms with E-state index in [1.807, 2.05) is 0 Å². The summed E-state index contributed by atoms with van der Waals surface area (Å²) in [6, 6.07) is 0.693. The largest absolute Gasteiger partial charge is 0.399 e. The Hall–Kier alpha value is -1.68. The van der Waals surface area contributed by atoms with Crippen LogP contribution in [0.4, 0.5) is 0 Å². The minimum absolute atomic E-state index is 0.0822. The molecule has 2 aliphatic carbocycles. The van der Waals surface area contributed by atoms with Gasteiger partial charge >= 0.3 is 0 Å². The summed E-state index contributed by atoms with van der Waals surface area (Å²) in [5.74, 6) is 2.04. The van der Waals surface area contributed by atoms with Gasteiger partial charge in [0.15, 0.2) is 0 Å². The number of nitrogens with zero attached hydrogens (tertiary/aromatic N) is 1. The molecule has 4 nitrogen and oxygen atoms in total. The molecule has 0 aromatic rings. The number of likely N-dealkylation sites (tertiary alicyclic amines) is 1. The number of hydrogen-bond donors (Lipinski definition) is 3. The average Bonchev–Trinajstić information content (AvgIpc) is 3.42. The maximum atomic E-state index is 6.05. The van der Waals surface area contributed by atoms with Gasteiger partial charge in [-0.3, -0.25) is 0 Å². The first-order valence-corrected chi connectivity index (χ1v) is 12.8. The molecule has 3 fully saturated rings. The highest BCUT2D eigenvalue weighted by molar-refractivity contribution is 5.31. The Labute approximate surface area is 197 Å². The fraction of sp³-hybridized carbons (Fsp3) is 0.714. The molecule has 32 heavy (non-hydrogen) atoms. The van der Waals surface area contributed by atoms with Gasteiger partial charge in [0.2, 0.25) is 0 Å². The number of piperidine rings is 1. The van der Waals surface area contributed by atoms with Crippen molar-refractivity contribution >= 4 is 0 Å². The first-order valence-electron chi connectivity index (χ1n) is 12.8. The van der Waals surface area contributed by atoms with Crippen LogP contribution in [0.1, 0.15) is 72.1 Å². The Balaban J connectivity index is 1.76. The monoisotopic (exact) mass is 440 g/mol. The van der Waals surface area contributed by atoms with E-state index in [1.54, 1.807) is 0 Å². The highest BCUT2D eigenvalue weighted by Gasteiger charge is 2.55. The Morgan fingerprint density at radius 1 is 1.16 bits per heavy atom. The maximum absolute atomic E-state index is 6.05. The highest BCUT2D eigenvalue weighted by atomic mass is 15.3. The van der Waals surface area contributed by atoms with E-state index in [9.17, 15) is 0 Å². The summed E-state index contributed by atoms with van der Waals surface area (Å²) in [6.45, 7) is 25.5. The van der Waals surface area contributed by atoms with Crippen LogP contribution in [0.2, 0.25) is 0 Å². The first-order chi connectivity index (χ1) is 15.1. The molecule has 0 radical (unpaired) electrons. The van der Waals surface area contributed by atoms with Crippen molar-refractivity contribution in [2.45, 2.75) is 90.3 Å². The summed E-state index contributed by atoms with van der Waals surface area (Å²) in [5, 5.41) is 7.41. The van der Waals surface area contributed by atoms with E-state index in [0.717, 1.165) is 36.6 Å². The van der Waals surface area contributed by atoms with Gasteiger partial charge in [-0.25, -0.2) is 0 Å². The number of nitrogens with two attached hydrogens (primary N) is 1. The third-order valence-corrected chi connectivity index (χ3v) is 8.72. The second kappa shape index (κ2) is 10.1. The molecule has 1 aliphatic heterocycles. The zero-order valence-electron chi connectivity index (χ0n) is 21.2. The number of likely N-dealkylation sites (N-methyl/N-ethyl adjacent to an activating group) is 1. The van der Waals surface area contributed by atoms with Gasteiger partial charge in [0.1, 0.15) is 0 Å². The Bertz CT molecular complexity index is 732. The lowest BCUT2D eigenvalue weighted by Crippen LogP contribution is -2.51. The molecular weight excluding hydrogens is 392 g/mol. The lowest BCUT2D eigenvalue weighted by atomic mass is 9.69. The molecule has 1 saturated heterocycles. The summed E-state index contributed by atoms with van der Waals surface area (Å²) in [5.41, 5.74) is 10.1. The van der Waals surface area contributed by atoms with Crippen molar-refractivity contribution in [1.29, 1.82) is 0 Å². The third-order valence-electron chi connectivity index (χ3n) is 8.72. The SMILES string of the molecule is C=C(N)C(=C)C(CC(C)CC)NC(=C)C1[C@H]2C[C@H]2CN1C(=C)C(NC)C1(C)CCCCC1. The quantitative estimate of drug-likeness (QED) is 0.360. The number of fused-ring (bicyclic) bond motifs is 1. The van der Waals surface area contributed by atoms with Crippen LogP contribution >= 0.6 is 0 Å². The summed E-state index contributed by atoms with van der Waals surface area (Å²) < 4.78 is 0. The van der Waals surface area contributed by atoms with Crippen molar-refractivity contribution in [3.05, 3.63) is 49.0 Å². The molecule has 4 heteroatoms. The van der Waals surface area contributed by atoms with Crippen molar-refractivity contribution in [3.63, 3.8) is 0 Å². The standard InChI is InChI=1S/C28H48N4/c1-9-18(2)15-25(19(3)20(4)29)31-21(5)26-24-16-23(24)17-32(26)22(6)27(30-8)28(7)13-11-10-12-14-28/h18,23-27,30-31H,3-6,9-17,29H2,1-2,7-8H3/t18?,23-,24-,25?,26?,27?/m0/s1. The van der Waals surface area contributed by atoms with Crippen molar-refractivity contribution in [2.75, 3.05) is 13.6 Å². The van der Waals surface area contributed by atoms with Gasteiger partial charge < -0.3 is 21.3 Å². The molecule has 6 atom stereocenters. The lowest BCUT2D eigenvalue weighted by Gasteiger charge is -2.46. The Morgan fingerprint density at radius 3 is 2.38 bits per heavy atom. The summed E-state index contributed by atoms with van der Waals surface area (Å²) in [6.07, 6.45) is 9.99. The van der Waals surface area contributed by atoms with Gasteiger partial charge in [-0.2, -0.15) is 0 Å². The molecular formula is C28H48N4. The van der Waals surface area contributed by atoms with Gasteiger partial charge in [0.25, 0.3) is 0 Å². The average molecular weight is 441 g/mol. The molecule has 4 unspecified atom stereocenters. The van der Waals surface area contributed by atoms with E-state index in [1.165, 1.54) is 44.2 Å². The molecule has 180 valence electrons. The van der Waals surface area contributed by atoms with Gasteiger partial charge in [-0.05, 0) is 61.5 Å². The number of nitrogens with one attached hydrogen (secondary N) is 2. The molecule has 0 aromatic heterocycles. The predicted octanol–water partition coefficient (Wildman–Crippen LogP) is 5.32. The van der Waals surface area contributed by atoms with Crippen molar-refractivity contribution in [1.82, 2.24) is 15.5 Å².